The molecule has 0 aromatic rings. The van der Waals surface area contributed by atoms with E-state index in [1.165, 1.54) is 25.7 Å². The molecule has 0 aliphatic heterocycles. The second-order valence-electron chi connectivity index (χ2n) is 3.43. The molecule has 0 amide bonds. The van der Waals surface area contributed by atoms with Gasteiger partial charge in [0.25, 0.3) is 0 Å². The fourth-order valence-electron chi connectivity index (χ4n) is 1.36. The lowest BCUT2D eigenvalue weighted by Gasteiger charge is -2.16. The van der Waals surface area contributed by atoms with E-state index in [1.807, 2.05) is 13.8 Å². The molecule has 84 valence electrons. The third-order valence-electron chi connectivity index (χ3n) is 2.59. The summed E-state index contributed by atoms with van der Waals surface area (Å²) < 4.78 is 0. The van der Waals surface area contributed by atoms with Crippen molar-refractivity contribution in [3.63, 3.8) is 0 Å². The molecular weight excluding hydrogens is 156 g/mol. The van der Waals surface area contributed by atoms with Crippen LogP contribution in [0.25, 0.3) is 0 Å². The van der Waals surface area contributed by atoms with Gasteiger partial charge in [-0.05, 0) is 18.3 Å². The average Bonchev–Trinajstić information content (AvgIpc) is 2.16. The van der Waals surface area contributed by atoms with Crippen molar-refractivity contribution in [3.8, 4) is 0 Å². The predicted octanol–water partition coefficient (Wildman–Crippen LogP) is 5.52. The minimum absolute atomic E-state index is 0. The first-order valence-electron chi connectivity index (χ1n) is 5.74. The van der Waals surface area contributed by atoms with Gasteiger partial charge in [-0.1, -0.05) is 68.2 Å². The van der Waals surface area contributed by atoms with Gasteiger partial charge in [-0.3, -0.25) is 0 Å². The zero-order chi connectivity index (χ0) is 9.98. The second-order valence-corrected chi connectivity index (χ2v) is 3.43. The Morgan fingerprint density at radius 1 is 0.846 bits per heavy atom. The first-order valence-corrected chi connectivity index (χ1v) is 5.74. The maximum atomic E-state index is 2.36. The topological polar surface area (TPSA) is 0 Å². The lowest BCUT2D eigenvalue weighted by Crippen LogP contribution is -2.03. The van der Waals surface area contributed by atoms with Crippen LogP contribution in [0.15, 0.2) is 0 Å². The van der Waals surface area contributed by atoms with Crippen LogP contribution in [0.4, 0.5) is 0 Å². The van der Waals surface area contributed by atoms with Crippen molar-refractivity contribution in [2.45, 2.75) is 74.7 Å². The summed E-state index contributed by atoms with van der Waals surface area (Å²) in [6.45, 7) is 13.2. The summed E-state index contributed by atoms with van der Waals surface area (Å²) in [6.07, 6.45) is 5.50. The zero-order valence-electron chi connectivity index (χ0n) is 9.98. The molecule has 0 aromatic carbocycles. The fourth-order valence-corrected chi connectivity index (χ4v) is 1.36. The van der Waals surface area contributed by atoms with Crippen molar-refractivity contribution in [1.29, 1.82) is 0 Å². The molecule has 0 radical (unpaired) electrons. The highest BCUT2D eigenvalue weighted by atomic mass is 14.1. The highest BCUT2D eigenvalue weighted by Gasteiger charge is 2.07. The largest absolute Gasteiger partial charge is 0.0776 e. The van der Waals surface area contributed by atoms with Crippen LogP contribution in [0.3, 0.4) is 0 Å². The lowest BCUT2D eigenvalue weighted by atomic mass is 9.90. The molecule has 1 atom stereocenters. The van der Waals surface area contributed by atoms with Gasteiger partial charge in [0.05, 0.1) is 0 Å². The highest BCUT2D eigenvalue weighted by molar-refractivity contribution is 4.59. The maximum Gasteiger partial charge on any atom is -0.0417 e. The molecule has 0 aliphatic carbocycles. The highest BCUT2D eigenvalue weighted by Crippen LogP contribution is 2.20. The normalized spacial score (nSPS) is 11.3. The molecule has 0 spiro atoms. The van der Waals surface area contributed by atoms with E-state index in [0.29, 0.717) is 0 Å². The van der Waals surface area contributed by atoms with Gasteiger partial charge in [-0.2, -0.15) is 0 Å². The van der Waals surface area contributed by atoms with Crippen molar-refractivity contribution in [2.24, 2.45) is 11.8 Å². The number of rotatable bonds is 5. The quantitative estimate of drug-likeness (QED) is 0.533. The summed E-state index contributed by atoms with van der Waals surface area (Å²) >= 11 is 0. The van der Waals surface area contributed by atoms with Crippen molar-refractivity contribution < 1.29 is 0 Å². The minimum Gasteiger partial charge on any atom is -0.0776 e. The predicted molar refractivity (Wildman–Crippen MR) is 66.2 cm³/mol. The Labute approximate surface area is 87.1 Å². The molecule has 0 N–H and O–H groups in total. The third-order valence-corrected chi connectivity index (χ3v) is 2.59. The van der Waals surface area contributed by atoms with Crippen LogP contribution in [0.2, 0.25) is 0 Å². The average molecular weight is 188 g/mol. The molecule has 0 saturated carbocycles. The lowest BCUT2D eigenvalue weighted by molar-refractivity contribution is 0.364. The summed E-state index contributed by atoms with van der Waals surface area (Å²) in [6, 6.07) is 0. The second kappa shape index (κ2) is 14.5. The molecule has 0 aromatic heterocycles. The molecule has 0 bridgehead atoms. The van der Waals surface area contributed by atoms with Crippen LogP contribution in [-0.2, 0) is 0 Å². The van der Waals surface area contributed by atoms with Crippen LogP contribution < -0.4 is 0 Å². The smallest absolute Gasteiger partial charge is 0.0417 e. The molecule has 0 heteroatoms. The van der Waals surface area contributed by atoms with E-state index in [2.05, 4.69) is 27.7 Å². The molecular formula is C13H32. The van der Waals surface area contributed by atoms with Crippen LogP contribution in [0, 0.1) is 11.8 Å². The van der Waals surface area contributed by atoms with Crippen molar-refractivity contribution in [3.05, 3.63) is 0 Å². The van der Waals surface area contributed by atoms with Crippen LogP contribution in [-0.4, -0.2) is 0 Å². The van der Waals surface area contributed by atoms with Crippen molar-refractivity contribution >= 4 is 0 Å². The van der Waals surface area contributed by atoms with Crippen LogP contribution in [0.1, 0.15) is 74.7 Å². The van der Waals surface area contributed by atoms with E-state index in [1.54, 1.807) is 0 Å². The maximum absolute atomic E-state index is 2.36. The summed E-state index contributed by atoms with van der Waals surface area (Å²) in [4.78, 5) is 0. The monoisotopic (exact) mass is 188 g/mol. The van der Waals surface area contributed by atoms with Gasteiger partial charge in [0.15, 0.2) is 0 Å². The third kappa shape index (κ3) is 12.0. The van der Waals surface area contributed by atoms with E-state index in [9.17, 15) is 0 Å². The number of hydrogen-bond acceptors (Lipinski definition) is 0. The SMILES string of the molecule is C.CC.CCC(C)CC(CC)CC. The zero-order valence-corrected chi connectivity index (χ0v) is 9.98. The molecule has 0 rings (SSSR count). The molecule has 0 saturated heterocycles. The van der Waals surface area contributed by atoms with Gasteiger partial charge in [0.1, 0.15) is 0 Å². The van der Waals surface area contributed by atoms with Gasteiger partial charge >= 0.3 is 0 Å². The van der Waals surface area contributed by atoms with Gasteiger partial charge in [-0.15, -0.1) is 0 Å². The van der Waals surface area contributed by atoms with E-state index in [0.717, 1.165) is 11.8 Å². The standard InChI is InChI=1S/C10H22.C2H6.CH4/c1-5-9(4)8-10(6-2)7-3;1-2;/h9-10H,5-8H2,1-4H3;1-2H3;1H4. The minimum atomic E-state index is 0. The fraction of sp³-hybridized carbons (Fsp3) is 1.00. The number of hydrogen-bond donors (Lipinski definition) is 0. The first-order chi connectivity index (χ1) is 5.74. The van der Waals surface area contributed by atoms with E-state index < -0.39 is 0 Å². The summed E-state index contributed by atoms with van der Waals surface area (Å²) in [5.74, 6) is 1.92. The van der Waals surface area contributed by atoms with Crippen molar-refractivity contribution in [1.82, 2.24) is 0 Å². The van der Waals surface area contributed by atoms with Crippen LogP contribution >= 0.6 is 0 Å². The Morgan fingerprint density at radius 2 is 1.23 bits per heavy atom. The van der Waals surface area contributed by atoms with Gasteiger partial charge in [-0.25, -0.2) is 0 Å². The Morgan fingerprint density at radius 3 is 1.46 bits per heavy atom. The molecule has 0 aliphatic rings. The Balaban J connectivity index is -0.000000309. The van der Waals surface area contributed by atoms with E-state index in [4.69, 9.17) is 0 Å². The summed E-state index contributed by atoms with van der Waals surface area (Å²) in [5, 5.41) is 0. The summed E-state index contributed by atoms with van der Waals surface area (Å²) in [7, 11) is 0. The Hall–Kier alpha value is 0. The van der Waals surface area contributed by atoms with E-state index >= 15 is 0 Å². The molecule has 0 fully saturated rings. The Kier molecular flexibility index (Phi) is 20.9. The van der Waals surface area contributed by atoms with Crippen LogP contribution in [0.5, 0.6) is 0 Å². The molecule has 1 unspecified atom stereocenters. The summed E-state index contributed by atoms with van der Waals surface area (Å²) in [5.41, 5.74) is 0. The molecule has 0 heterocycles. The molecule has 0 nitrogen and oxygen atoms in total. The van der Waals surface area contributed by atoms with Crippen molar-refractivity contribution in [2.75, 3.05) is 0 Å². The van der Waals surface area contributed by atoms with Gasteiger partial charge in [0.2, 0.25) is 0 Å². The van der Waals surface area contributed by atoms with E-state index in [-0.39, 0.29) is 7.43 Å². The Bertz CT molecular complexity index is 62.4. The first kappa shape index (κ1) is 18.7. The molecule has 13 heavy (non-hydrogen) atoms. The van der Waals surface area contributed by atoms with Gasteiger partial charge < -0.3 is 0 Å². The van der Waals surface area contributed by atoms with Gasteiger partial charge in [0, 0.05) is 0 Å².